The number of methoxy groups -OCH3 is 1. The summed E-state index contributed by atoms with van der Waals surface area (Å²) in [6, 6.07) is 6.02. The number of aliphatic imine (C=N–C) groups is 1. The monoisotopic (exact) mass is 475 g/mol. The molecule has 0 saturated heterocycles. The zero-order chi connectivity index (χ0) is 18.3. The Bertz CT molecular complexity index is 579. The van der Waals surface area contributed by atoms with Crippen LogP contribution in [0.3, 0.4) is 0 Å². The summed E-state index contributed by atoms with van der Waals surface area (Å²) < 4.78 is 11.8. The predicted octanol–water partition coefficient (Wildman–Crippen LogP) is 4.49. The molecule has 0 bridgehead atoms. The zero-order valence-corrected chi connectivity index (χ0v) is 19.1. The van der Waals surface area contributed by atoms with Gasteiger partial charge >= 0.3 is 0 Å². The van der Waals surface area contributed by atoms with Gasteiger partial charge in [-0.25, -0.2) is 4.99 Å². The van der Waals surface area contributed by atoms with E-state index >= 15 is 0 Å². The lowest BCUT2D eigenvalue weighted by atomic mass is 10.1. The molecular weight excluding hydrogens is 441 g/mol. The highest BCUT2D eigenvalue weighted by Gasteiger charge is 2.20. The molecule has 0 atom stereocenters. The van der Waals surface area contributed by atoms with Crippen LogP contribution in [0.1, 0.15) is 58.9 Å². The molecule has 0 spiro atoms. The van der Waals surface area contributed by atoms with E-state index in [-0.39, 0.29) is 29.5 Å². The normalized spacial score (nSPS) is 15.3. The van der Waals surface area contributed by atoms with Crippen LogP contribution in [0.15, 0.2) is 23.2 Å². The van der Waals surface area contributed by atoms with Crippen LogP contribution in [0.2, 0.25) is 0 Å². The number of hydrogen-bond donors (Lipinski definition) is 2. The van der Waals surface area contributed by atoms with Crippen LogP contribution < -0.4 is 20.1 Å². The molecule has 2 N–H and O–H groups in total. The Balaban J connectivity index is 0.00000338. The molecule has 148 valence electrons. The fraction of sp³-hybridized carbons (Fsp3) is 0.650. The van der Waals surface area contributed by atoms with E-state index in [2.05, 4.69) is 44.4 Å². The third kappa shape index (κ3) is 7.21. The van der Waals surface area contributed by atoms with Gasteiger partial charge in [0.15, 0.2) is 17.5 Å². The van der Waals surface area contributed by atoms with Crippen LogP contribution in [0.25, 0.3) is 0 Å². The molecule has 0 heterocycles. The predicted molar refractivity (Wildman–Crippen MR) is 119 cm³/mol. The average Bonchev–Trinajstić information content (AvgIpc) is 3.05. The fourth-order valence-electron chi connectivity index (χ4n) is 2.98. The maximum atomic E-state index is 6.29. The van der Waals surface area contributed by atoms with Crippen molar-refractivity contribution in [2.45, 2.75) is 71.6 Å². The molecule has 1 aromatic rings. The van der Waals surface area contributed by atoms with Crippen molar-refractivity contribution in [2.24, 2.45) is 4.99 Å². The molecule has 0 aromatic heterocycles. The van der Waals surface area contributed by atoms with E-state index in [9.17, 15) is 0 Å². The summed E-state index contributed by atoms with van der Waals surface area (Å²) in [5.74, 6) is 2.44. The number of benzene rings is 1. The highest BCUT2D eigenvalue weighted by molar-refractivity contribution is 14.0. The molecule has 0 amide bonds. The maximum Gasteiger partial charge on any atom is 0.191 e. The Morgan fingerprint density at radius 1 is 1.23 bits per heavy atom. The lowest BCUT2D eigenvalue weighted by molar-refractivity contribution is 0.198. The van der Waals surface area contributed by atoms with Crippen LogP contribution in [-0.2, 0) is 6.54 Å². The number of para-hydroxylation sites is 1. The molecule has 0 unspecified atom stereocenters. The molecule has 0 aliphatic heterocycles. The van der Waals surface area contributed by atoms with Crippen molar-refractivity contribution in [3.8, 4) is 11.5 Å². The van der Waals surface area contributed by atoms with Crippen molar-refractivity contribution in [1.82, 2.24) is 10.6 Å². The molecule has 26 heavy (non-hydrogen) atoms. The van der Waals surface area contributed by atoms with Crippen LogP contribution in [-0.4, -0.2) is 31.3 Å². The number of ether oxygens (including phenoxy) is 2. The standard InChI is InChI=1S/C20H33N3O2.HI/c1-6-21-19(23-20(2,3)4)22-14-15-10-9-13-17(24-5)18(15)25-16-11-7-8-12-16;/h9-10,13,16H,6-8,11-12,14H2,1-5H3,(H2,21,22,23);1H. The summed E-state index contributed by atoms with van der Waals surface area (Å²) in [6.07, 6.45) is 5.02. The minimum Gasteiger partial charge on any atom is -0.493 e. The summed E-state index contributed by atoms with van der Waals surface area (Å²) in [5, 5.41) is 6.71. The van der Waals surface area contributed by atoms with E-state index in [1.165, 1.54) is 12.8 Å². The van der Waals surface area contributed by atoms with Gasteiger partial charge in [-0.05, 0) is 59.4 Å². The highest BCUT2D eigenvalue weighted by Crippen LogP contribution is 2.35. The summed E-state index contributed by atoms with van der Waals surface area (Å²) in [6.45, 7) is 9.82. The summed E-state index contributed by atoms with van der Waals surface area (Å²) in [7, 11) is 1.69. The average molecular weight is 475 g/mol. The number of nitrogens with one attached hydrogen (secondary N) is 2. The Kier molecular flexibility index (Phi) is 9.54. The van der Waals surface area contributed by atoms with Crippen molar-refractivity contribution in [3.63, 3.8) is 0 Å². The van der Waals surface area contributed by atoms with Gasteiger partial charge in [-0.2, -0.15) is 0 Å². The molecule has 1 fully saturated rings. The number of rotatable bonds is 6. The van der Waals surface area contributed by atoms with Gasteiger partial charge in [0, 0.05) is 17.6 Å². The number of halogens is 1. The maximum absolute atomic E-state index is 6.29. The number of nitrogens with zero attached hydrogens (tertiary/aromatic N) is 1. The van der Waals surface area contributed by atoms with Gasteiger partial charge in [0.25, 0.3) is 0 Å². The third-order valence-electron chi connectivity index (χ3n) is 4.11. The lowest BCUT2D eigenvalue weighted by Gasteiger charge is -2.24. The van der Waals surface area contributed by atoms with Gasteiger partial charge in [-0.15, -0.1) is 24.0 Å². The summed E-state index contributed by atoms with van der Waals surface area (Å²) in [5.41, 5.74) is 1.01. The quantitative estimate of drug-likeness (QED) is 0.362. The topological polar surface area (TPSA) is 54.9 Å². The van der Waals surface area contributed by atoms with Crippen LogP contribution in [0, 0.1) is 0 Å². The largest absolute Gasteiger partial charge is 0.493 e. The minimum atomic E-state index is -0.0431. The van der Waals surface area contributed by atoms with Gasteiger partial charge in [-0.1, -0.05) is 12.1 Å². The van der Waals surface area contributed by atoms with Gasteiger partial charge in [0.2, 0.25) is 0 Å². The smallest absolute Gasteiger partial charge is 0.191 e. The van der Waals surface area contributed by atoms with E-state index in [0.717, 1.165) is 42.4 Å². The van der Waals surface area contributed by atoms with Crippen molar-refractivity contribution < 1.29 is 9.47 Å². The Hall–Kier alpha value is -1.18. The van der Waals surface area contributed by atoms with Gasteiger partial charge < -0.3 is 20.1 Å². The minimum absolute atomic E-state index is 0. The van der Waals surface area contributed by atoms with E-state index in [1.807, 2.05) is 12.1 Å². The first-order chi connectivity index (χ1) is 11.9. The van der Waals surface area contributed by atoms with E-state index in [1.54, 1.807) is 7.11 Å². The summed E-state index contributed by atoms with van der Waals surface area (Å²) >= 11 is 0. The molecular formula is C20H34IN3O2. The molecule has 1 aromatic carbocycles. The molecule has 1 aliphatic carbocycles. The van der Waals surface area contributed by atoms with Crippen LogP contribution in [0.5, 0.6) is 11.5 Å². The van der Waals surface area contributed by atoms with Crippen molar-refractivity contribution in [1.29, 1.82) is 0 Å². The lowest BCUT2D eigenvalue weighted by Crippen LogP contribution is -2.47. The Labute approximate surface area is 175 Å². The molecule has 1 aliphatic rings. The second kappa shape index (κ2) is 10.8. The first-order valence-electron chi connectivity index (χ1n) is 9.32. The van der Waals surface area contributed by atoms with E-state index < -0.39 is 0 Å². The number of hydrogen-bond acceptors (Lipinski definition) is 3. The first kappa shape index (κ1) is 22.9. The van der Waals surface area contributed by atoms with Crippen molar-refractivity contribution >= 4 is 29.9 Å². The molecule has 0 radical (unpaired) electrons. The van der Waals surface area contributed by atoms with Gasteiger partial charge in [0.1, 0.15) is 0 Å². The fourth-order valence-corrected chi connectivity index (χ4v) is 2.98. The molecule has 1 saturated carbocycles. The molecule has 6 heteroatoms. The number of guanidine groups is 1. The van der Waals surface area contributed by atoms with Gasteiger partial charge in [0.05, 0.1) is 19.8 Å². The first-order valence-corrected chi connectivity index (χ1v) is 9.32. The van der Waals surface area contributed by atoms with Crippen molar-refractivity contribution in [3.05, 3.63) is 23.8 Å². The van der Waals surface area contributed by atoms with E-state index in [0.29, 0.717) is 12.6 Å². The van der Waals surface area contributed by atoms with Crippen molar-refractivity contribution in [2.75, 3.05) is 13.7 Å². The second-order valence-electron chi connectivity index (χ2n) is 7.54. The molecule has 2 rings (SSSR count). The molecule has 5 nitrogen and oxygen atoms in total. The highest BCUT2D eigenvalue weighted by atomic mass is 127. The van der Waals surface area contributed by atoms with E-state index in [4.69, 9.17) is 14.5 Å². The van der Waals surface area contributed by atoms with Gasteiger partial charge in [-0.3, -0.25) is 0 Å². The Morgan fingerprint density at radius 2 is 1.92 bits per heavy atom. The zero-order valence-electron chi connectivity index (χ0n) is 16.7. The van der Waals surface area contributed by atoms with Crippen LogP contribution in [0.4, 0.5) is 0 Å². The summed E-state index contributed by atoms with van der Waals surface area (Å²) in [4.78, 5) is 4.74. The third-order valence-corrected chi connectivity index (χ3v) is 4.11. The second-order valence-corrected chi connectivity index (χ2v) is 7.54. The SMILES string of the molecule is CCNC(=NCc1cccc(OC)c1OC1CCCC1)NC(C)(C)C.I. The Morgan fingerprint density at radius 3 is 2.50 bits per heavy atom. The van der Waals surface area contributed by atoms with Crippen LogP contribution >= 0.6 is 24.0 Å².